The average Bonchev–Trinajstić information content (AvgIpc) is 2.93. The van der Waals surface area contributed by atoms with E-state index >= 15 is 0 Å². The van der Waals surface area contributed by atoms with Crippen LogP contribution < -0.4 is 9.47 Å². The van der Waals surface area contributed by atoms with Gasteiger partial charge in [0.05, 0.1) is 7.11 Å². The molecule has 3 aliphatic rings. The predicted molar refractivity (Wildman–Crippen MR) is 141 cm³/mol. The van der Waals surface area contributed by atoms with Gasteiger partial charge >= 0.3 is 0 Å². The van der Waals surface area contributed by atoms with Crippen molar-refractivity contribution >= 4 is 11.4 Å². The third kappa shape index (κ3) is 5.64. The summed E-state index contributed by atoms with van der Waals surface area (Å²) in [5, 5.41) is 0. The molecule has 2 aromatic carbocycles. The molecule has 4 heteroatoms. The molecule has 0 unspecified atom stereocenters. The highest BCUT2D eigenvalue weighted by atomic mass is 16.5. The van der Waals surface area contributed by atoms with Gasteiger partial charge in [-0.1, -0.05) is 37.3 Å². The number of nitrogens with zero attached hydrogens (tertiary/aromatic N) is 1. The normalized spacial score (nSPS) is 19.3. The first-order valence-corrected chi connectivity index (χ1v) is 13.6. The number of likely N-dealkylation sites (tertiary alicyclic amines) is 1. The van der Waals surface area contributed by atoms with Crippen LogP contribution >= 0.6 is 0 Å². The monoisotopic (exact) mass is 473 g/mol. The van der Waals surface area contributed by atoms with Gasteiger partial charge in [0.25, 0.3) is 0 Å². The Balaban J connectivity index is 1.35. The molecule has 4 nitrogen and oxygen atoms in total. The fourth-order valence-corrected chi connectivity index (χ4v) is 6.17. The van der Waals surface area contributed by atoms with E-state index in [1.54, 1.807) is 7.11 Å². The average molecular weight is 474 g/mol. The number of fused-ring (bicyclic) bond motifs is 1. The van der Waals surface area contributed by atoms with Gasteiger partial charge in [-0.15, -0.1) is 0 Å². The molecule has 0 spiro atoms. The van der Waals surface area contributed by atoms with Gasteiger partial charge in [0.15, 0.2) is 5.78 Å². The topological polar surface area (TPSA) is 38.8 Å². The largest absolute Gasteiger partial charge is 0.497 e. The number of benzene rings is 2. The molecule has 1 aliphatic heterocycles. The number of Topliss-reactive ketones (excluding diaryl/α,β-unsaturated/α-hetero) is 1. The van der Waals surface area contributed by atoms with Gasteiger partial charge in [-0.05, 0) is 105 Å². The molecule has 0 amide bonds. The van der Waals surface area contributed by atoms with Crippen LogP contribution in [-0.2, 0) is 6.42 Å². The number of piperidine rings is 1. The predicted octanol–water partition coefficient (Wildman–Crippen LogP) is 6.72. The van der Waals surface area contributed by atoms with Crippen LogP contribution in [0.4, 0.5) is 0 Å². The van der Waals surface area contributed by atoms with E-state index in [0.29, 0.717) is 12.5 Å². The van der Waals surface area contributed by atoms with Crippen molar-refractivity contribution in [3.05, 3.63) is 64.7 Å². The summed E-state index contributed by atoms with van der Waals surface area (Å²) in [5.74, 6) is 2.39. The molecule has 2 aromatic rings. The lowest BCUT2D eigenvalue weighted by molar-refractivity contribution is 0.105. The molecule has 0 atom stereocenters. The zero-order valence-electron chi connectivity index (χ0n) is 21.2. The van der Waals surface area contributed by atoms with Crippen LogP contribution in [0.2, 0.25) is 0 Å². The Labute approximate surface area is 210 Å². The van der Waals surface area contributed by atoms with Crippen LogP contribution in [0.1, 0.15) is 79.3 Å². The Morgan fingerprint density at radius 1 is 0.886 bits per heavy atom. The molecule has 5 rings (SSSR count). The molecule has 1 saturated heterocycles. The molecule has 0 bridgehead atoms. The van der Waals surface area contributed by atoms with Crippen LogP contribution in [-0.4, -0.2) is 44.0 Å². The number of hydrogen-bond acceptors (Lipinski definition) is 4. The van der Waals surface area contributed by atoms with Gasteiger partial charge in [-0.2, -0.15) is 0 Å². The van der Waals surface area contributed by atoms with E-state index in [-0.39, 0.29) is 5.78 Å². The smallest absolute Gasteiger partial charge is 0.193 e. The maximum Gasteiger partial charge on any atom is 0.193 e. The van der Waals surface area contributed by atoms with E-state index in [1.165, 1.54) is 75.6 Å². The summed E-state index contributed by atoms with van der Waals surface area (Å²) in [5.41, 5.74) is 5.41. The van der Waals surface area contributed by atoms with Crippen molar-refractivity contribution in [2.24, 2.45) is 5.92 Å². The van der Waals surface area contributed by atoms with Gasteiger partial charge < -0.3 is 9.47 Å². The molecule has 2 aliphatic carbocycles. The number of ether oxygens (including phenoxy) is 2. The van der Waals surface area contributed by atoms with Crippen molar-refractivity contribution in [3.8, 4) is 11.5 Å². The quantitative estimate of drug-likeness (QED) is 0.399. The number of allylic oxidation sites excluding steroid dienone is 2. The van der Waals surface area contributed by atoms with E-state index in [0.717, 1.165) is 47.6 Å². The third-order valence-corrected chi connectivity index (χ3v) is 8.13. The van der Waals surface area contributed by atoms with Gasteiger partial charge in [0.1, 0.15) is 18.1 Å². The van der Waals surface area contributed by atoms with Crippen LogP contribution in [0, 0.1) is 5.92 Å². The molecule has 35 heavy (non-hydrogen) atoms. The van der Waals surface area contributed by atoms with Crippen molar-refractivity contribution in [2.75, 3.05) is 33.4 Å². The van der Waals surface area contributed by atoms with E-state index in [1.807, 2.05) is 30.3 Å². The lowest BCUT2D eigenvalue weighted by atomic mass is 9.73. The highest BCUT2D eigenvalue weighted by Gasteiger charge is 2.30. The first-order valence-electron chi connectivity index (χ1n) is 13.6. The minimum atomic E-state index is 0.150. The molecule has 0 N–H and O–H groups in total. The Hall–Kier alpha value is -2.59. The van der Waals surface area contributed by atoms with Crippen molar-refractivity contribution in [1.82, 2.24) is 4.90 Å². The van der Waals surface area contributed by atoms with Crippen LogP contribution in [0.15, 0.2) is 48.0 Å². The fraction of sp³-hybridized carbons (Fsp3) is 0.516. The van der Waals surface area contributed by atoms with Crippen molar-refractivity contribution < 1.29 is 14.3 Å². The summed E-state index contributed by atoms with van der Waals surface area (Å²) in [6.45, 7) is 4.03. The molecule has 2 fully saturated rings. The Morgan fingerprint density at radius 3 is 2.34 bits per heavy atom. The second-order valence-corrected chi connectivity index (χ2v) is 10.4. The highest BCUT2D eigenvalue weighted by Crippen LogP contribution is 2.42. The number of ketones is 1. The molecule has 1 heterocycles. The highest BCUT2D eigenvalue weighted by molar-refractivity contribution is 6.30. The summed E-state index contributed by atoms with van der Waals surface area (Å²) < 4.78 is 11.5. The first-order chi connectivity index (χ1) is 17.2. The lowest BCUT2D eigenvalue weighted by Crippen LogP contribution is -2.33. The molecule has 0 aromatic heterocycles. The first kappa shape index (κ1) is 24.1. The maximum atomic E-state index is 14.0. The number of carbonyl (C=O) groups is 1. The zero-order valence-corrected chi connectivity index (χ0v) is 21.2. The van der Waals surface area contributed by atoms with Crippen LogP contribution in [0.5, 0.6) is 11.5 Å². The van der Waals surface area contributed by atoms with Gasteiger partial charge in [0, 0.05) is 17.7 Å². The summed E-state index contributed by atoms with van der Waals surface area (Å²) in [7, 11) is 1.70. The number of methoxy groups -OCH3 is 1. The van der Waals surface area contributed by atoms with Crippen LogP contribution in [0.25, 0.3) is 5.57 Å². The Bertz CT molecular complexity index is 1040. The summed E-state index contributed by atoms with van der Waals surface area (Å²) in [6, 6.07) is 14.0. The Kier molecular flexibility index (Phi) is 7.88. The van der Waals surface area contributed by atoms with Crippen molar-refractivity contribution in [2.45, 2.75) is 64.2 Å². The van der Waals surface area contributed by atoms with E-state index in [4.69, 9.17) is 9.47 Å². The minimum absolute atomic E-state index is 0.150. The van der Waals surface area contributed by atoms with Crippen LogP contribution in [0.3, 0.4) is 0 Å². The molecule has 1 saturated carbocycles. The number of hydrogen-bond donors (Lipinski definition) is 0. The summed E-state index contributed by atoms with van der Waals surface area (Å²) in [6.07, 6.45) is 12.2. The number of carbonyl (C=O) groups excluding carboxylic acids is 1. The lowest BCUT2D eigenvalue weighted by Gasteiger charge is -2.31. The summed E-state index contributed by atoms with van der Waals surface area (Å²) in [4.78, 5) is 16.4. The van der Waals surface area contributed by atoms with Gasteiger partial charge in [-0.25, -0.2) is 0 Å². The van der Waals surface area contributed by atoms with E-state index in [2.05, 4.69) is 17.0 Å². The zero-order chi connectivity index (χ0) is 24.0. The van der Waals surface area contributed by atoms with Gasteiger partial charge in [0.2, 0.25) is 0 Å². The van der Waals surface area contributed by atoms with E-state index < -0.39 is 0 Å². The van der Waals surface area contributed by atoms with Crippen molar-refractivity contribution in [3.63, 3.8) is 0 Å². The molecular formula is C31H39NO3. The molecular weight excluding hydrogens is 434 g/mol. The summed E-state index contributed by atoms with van der Waals surface area (Å²) >= 11 is 0. The Morgan fingerprint density at radius 2 is 1.60 bits per heavy atom. The maximum absolute atomic E-state index is 14.0. The van der Waals surface area contributed by atoms with Crippen molar-refractivity contribution in [1.29, 1.82) is 0 Å². The molecule has 186 valence electrons. The van der Waals surface area contributed by atoms with E-state index in [9.17, 15) is 4.79 Å². The fourth-order valence-electron chi connectivity index (χ4n) is 6.17. The standard InChI is InChI=1S/C31H39NO3/c1-34-27-15-17-29-25(22-27)12-16-28(23-8-4-2-5-9-23)30(29)31(33)24-10-13-26(14-11-24)35-21-20-32-18-6-3-7-19-32/h10-11,13-15,17,22-23H,2-9,12,16,18-21H2,1H3. The third-order valence-electron chi connectivity index (χ3n) is 8.13. The minimum Gasteiger partial charge on any atom is -0.497 e. The SMILES string of the molecule is COc1ccc2c(c1)CCC(C1CCCCC1)=C2C(=O)c1ccc(OCCN2CCCCC2)cc1. The molecule has 0 radical (unpaired) electrons. The number of rotatable bonds is 8. The van der Waals surface area contributed by atoms with Gasteiger partial charge in [-0.3, -0.25) is 9.69 Å². The number of aryl methyl sites for hydroxylation is 1. The second-order valence-electron chi connectivity index (χ2n) is 10.4. The second kappa shape index (κ2) is 11.4.